The fraction of sp³-hybridized carbons (Fsp3) is 0.588. The molecule has 3 rings (SSSR count). The first kappa shape index (κ1) is 16.2. The molecule has 0 spiro atoms. The average Bonchev–Trinajstić information content (AvgIpc) is 3.00. The molecule has 0 bridgehead atoms. The minimum absolute atomic E-state index is 0.0835. The first-order valence-electron chi connectivity index (χ1n) is 8.15. The number of aliphatic hydroxyl groups is 1. The zero-order valence-electron chi connectivity index (χ0n) is 13.4. The van der Waals surface area contributed by atoms with E-state index < -0.39 is 5.82 Å². The maximum atomic E-state index is 14.0. The molecule has 1 aliphatic heterocycles. The van der Waals surface area contributed by atoms with Crippen LogP contribution in [0.4, 0.5) is 4.39 Å². The number of benzene rings is 1. The van der Waals surface area contributed by atoms with Crippen molar-refractivity contribution in [2.45, 2.75) is 31.4 Å². The lowest BCUT2D eigenvalue weighted by molar-refractivity contribution is 0.0313. The van der Waals surface area contributed by atoms with Crippen LogP contribution >= 0.6 is 0 Å². The summed E-state index contributed by atoms with van der Waals surface area (Å²) >= 11 is 0. The van der Waals surface area contributed by atoms with Crippen LogP contribution in [0.15, 0.2) is 18.2 Å². The number of nitrogens with zero attached hydrogens (tertiary/aromatic N) is 2. The first-order chi connectivity index (χ1) is 11.1. The van der Waals surface area contributed by atoms with Crippen molar-refractivity contribution in [2.75, 3.05) is 33.3 Å². The van der Waals surface area contributed by atoms with E-state index >= 15 is 0 Å². The van der Waals surface area contributed by atoms with Crippen molar-refractivity contribution in [1.29, 1.82) is 0 Å². The molecule has 2 atom stereocenters. The molecule has 5 nitrogen and oxygen atoms in total. The number of halogens is 1. The highest BCUT2D eigenvalue weighted by atomic mass is 19.1. The topological polar surface area (TPSA) is 53.0 Å². The lowest BCUT2D eigenvalue weighted by Crippen LogP contribution is -2.53. The lowest BCUT2D eigenvalue weighted by atomic mass is 10.1. The number of ether oxygens (including phenoxy) is 1. The number of carbonyl (C=O) groups excluding carboxylic acids is 1. The van der Waals surface area contributed by atoms with Gasteiger partial charge in [-0.25, -0.2) is 4.39 Å². The molecule has 0 aromatic heterocycles. The van der Waals surface area contributed by atoms with Crippen LogP contribution in [0.2, 0.25) is 0 Å². The minimum Gasteiger partial charge on any atom is -0.497 e. The Labute approximate surface area is 135 Å². The SMILES string of the molecule is COc1ccc(C(=O)N2CCN([C@H]3CCC[C@H]3O)CC2)c(F)c1. The van der Waals surface area contributed by atoms with Crippen LogP contribution in [-0.4, -0.2) is 66.2 Å². The first-order valence-corrected chi connectivity index (χ1v) is 8.15. The second-order valence-electron chi connectivity index (χ2n) is 6.24. The number of carbonyl (C=O) groups is 1. The standard InChI is InChI=1S/C17H23FN2O3/c1-23-12-5-6-13(14(18)11-12)17(22)20-9-7-19(8-10-20)15-3-2-4-16(15)21/h5-6,11,15-16,21H,2-4,7-10H2,1H3/t15-,16+/m0/s1. The molecule has 1 aromatic carbocycles. The Morgan fingerprint density at radius 3 is 2.57 bits per heavy atom. The van der Waals surface area contributed by atoms with Crippen molar-refractivity contribution < 1.29 is 19.0 Å². The van der Waals surface area contributed by atoms with Gasteiger partial charge >= 0.3 is 0 Å². The molecule has 6 heteroatoms. The van der Waals surface area contributed by atoms with E-state index in [0.29, 0.717) is 18.8 Å². The maximum Gasteiger partial charge on any atom is 0.256 e. The summed E-state index contributed by atoms with van der Waals surface area (Å²) < 4.78 is 19.0. The normalized spacial score (nSPS) is 25.6. The van der Waals surface area contributed by atoms with E-state index in [0.717, 1.165) is 32.4 Å². The van der Waals surface area contributed by atoms with Gasteiger partial charge < -0.3 is 14.7 Å². The van der Waals surface area contributed by atoms with Crippen molar-refractivity contribution in [2.24, 2.45) is 0 Å². The number of aliphatic hydroxyl groups excluding tert-OH is 1. The quantitative estimate of drug-likeness (QED) is 0.916. The molecule has 1 heterocycles. The number of amides is 1. The second-order valence-corrected chi connectivity index (χ2v) is 6.24. The van der Waals surface area contributed by atoms with Gasteiger partial charge in [0.05, 0.1) is 18.8 Å². The van der Waals surface area contributed by atoms with E-state index in [1.165, 1.54) is 19.2 Å². The number of hydrogen-bond acceptors (Lipinski definition) is 4. The van der Waals surface area contributed by atoms with Crippen molar-refractivity contribution in [1.82, 2.24) is 9.80 Å². The van der Waals surface area contributed by atoms with Gasteiger partial charge in [0, 0.05) is 38.3 Å². The molecular weight excluding hydrogens is 299 g/mol. The number of methoxy groups -OCH3 is 1. The van der Waals surface area contributed by atoms with Gasteiger partial charge in [0.25, 0.3) is 5.91 Å². The summed E-state index contributed by atoms with van der Waals surface area (Å²) in [5.41, 5.74) is 0.0835. The molecule has 1 aliphatic carbocycles. The number of rotatable bonds is 3. The molecule has 1 saturated heterocycles. The van der Waals surface area contributed by atoms with Crippen LogP contribution in [0, 0.1) is 5.82 Å². The van der Waals surface area contributed by atoms with E-state index in [1.54, 1.807) is 11.0 Å². The minimum atomic E-state index is -0.553. The third kappa shape index (κ3) is 3.33. The van der Waals surface area contributed by atoms with E-state index in [1.807, 2.05) is 0 Å². The van der Waals surface area contributed by atoms with Crippen LogP contribution < -0.4 is 4.74 Å². The van der Waals surface area contributed by atoms with Gasteiger partial charge in [0.2, 0.25) is 0 Å². The molecule has 1 N–H and O–H groups in total. The number of hydrogen-bond donors (Lipinski definition) is 1. The highest BCUT2D eigenvalue weighted by Crippen LogP contribution is 2.25. The summed E-state index contributed by atoms with van der Waals surface area (Å²) in [5.74, 6) is -0.432. The summed E-state index contributed by atoms with van der Waals surface area (Å²) in [5, 5.41) is 10.00. The van der Waals surface area contributed by atoms with Crippen LogP contribution in [0.5, 0.6) is 5.75 Å². The zero-order valence-corrected chi connectivity index (χ0v) is 13.4. The van der Waals surface area contributed by atoms with Crippen LogP contribution in [0.25, 0.3) is 0 Å². The smallest absolute Gasteiger partial charge is 0.256 e. The number of piperazine rings is 1. The third-order valence-electron chi connectivity index (χ3n) is 4.92. The molecule has 0 unspecified atom stereocenters. The van der Waals surface area contributed by atoms with Gasteiger partial charge in [-0.3, -0.25) is 9.69 Å². The van der Waals surface area contributed by atoms with E-state index in [9.17, 15) is 14.3 Å². The Morgan fingerprint density at radius 1 is 1.26 bits per heavy atom. The lowest BCUT2D eigenvalue weighted by Gasteiger charge is -2.39. The van der Waals surface area contributed by atoms with Crippen molar-refractivity contribution in [3.63, 3.8) is 0 Å². The Bertz CT molecular complexity index is 573. The predicted molar refractivity (Wildman–Crippen MR) is 84.1 cm³/mol. The fourth-order valence-electron chi connectivity index (χ4n) is 3.57. The molecule has 2 aliphatic rings. The van der Waals surface area contributed by atoms with E-state index in [-0.39, 0.29) is 23.6 Å². The van der Waals surface area contributed by atoms with Crippen LogP contribution in [0.3, 0.4) is 0 Å². The van der Waals surface area contributed by atoms with Gasteiger partial charge in [-0.05, 0) is 31.4 Å². The van der Waals surface area contributed by atoms with E-state index in [2.05, 4.69) is 4.90 Å². The van der Waals surface area contributed by atoms with Crippen molar-refractivity contribution >= 4 is 5.91 Å². The third-order valence-corrected chi connectivity index (χ3v) is 4.92. The average molecular weight is 322 g/mol. The summed E-state index contributed by atoms with van der Waals surface area (Å²) in [4.78, 5) is 16.4. The van der Waals surface area contributed by atoms with Gasteiger partial charge in [-0.2, -0.15) is 0 Å². The van der Waals surface area contributed by atoms with Crippen molar-refractivity contribution in [3.8, 4) is 5.75 Å². The molecule has 1 saturated carbocycles. The summed E-state index contributed by atoms with van der Waals surface area (Å²) in [7, 11) is 1.47. The summed E-state index contributed by atoms with van der Waals surface area (Å²) in [6.45, 7) is 2.58. The summed E-state index contributed by atoms with van der Waals surface area (Å²) in [6.07, 6.45) is 2.68. The Hall–Kier alpha value is -1.66. The molecule has 23 heavy (non-hydrogen) atoms. The Balaban J connectivity index is 1.62. The molecule has 1 amide bonds. The predicted octanol–water partition coefficient (Wildman–Crippen LogP) is 1.51. The van der Waals surface area contributed by atoms with Gasteiger partial charge in [0.1, 0.15) is 11.6 Å². The fourth-order valence-corrected chi connectivity index (χ4v) is 3.57. The zero-order chi connectivity index (χ0) is 16.4. The monoisotopic (exact) mass is 322 g/mol. The largest absolute Gasteiger partial charge is 0.497 e. The van der Waals surface area contributed by atoms with Gasteiger partial charge in [-0.15, -0.1) is 0 Å². The summed E-state index contributed by atoms with van der Waals surface area (Å²) in [6, 6.07) is 4.52. The van der Waals surface area contributed by atoms with Crippen LogP contribution in [0.1, 0.15) is 29.6 Å². The Morgan fingerprint density at radius 2 is 2.00 bits per heavy atom. The van der Waals surface area contributed by atoms with E-state index in [4.69, 9.17) is 4.74 Å². The molecular formula is C17H23FN2O3. The van der Waals surface area contributed by atoms with Gasteiger partial charge in [0.15, 0.2) is 0 Å². The molecule has 126 valence electrons. The second kappa shape index (κ2) is 6.84. The Kier molecular flexibility index (Phi) is 4.82. The molecule has 2 fully saturated rings. The highest BCUT2D eigenvalue weighted by Gasteiger charge is 2.33. The maximum absolute atomic E-state index is 14.0. The highest BCUT2D eigenvalue weighted by molar-refractivity contribution is 5.94. The molecule has 1 aromatic rings. The van der Waals surface area contributed by atoms with Gasteiger partial charge in [-0.1, -0.05) is 0 Å². The van der Waals surface area contributed by atoms with Crippen LogP contribution in [-0.2, 0) is 0 Å². The molecule has 0 radical (unpaired) electrons. The van der Waals surface area contributed by atoms with Crippen molar-refractivity contribution in [3.05, 3.63) is 29.6 Å².